The molecule has 1 unspecified atom stereocenters. The summed E-state index contributed by atoms with van der Waals surface area (Å²) in [5.74, 6) is 0.648. The Kier molecular flexibility index (Phi) is 5.59. The molecule has 4 rings (SSSR count). The van der Waals surface area contributed by atoms with E-state index in [4.69, 9.17) is 9.26 Å². The van der Waals surface area contributed by atoms with Crippen LogP contribution in [-0.4, -0.2) is 41.3 Å². The molecular formula is C20H19F2N3O3. The lowest BCUT2D eigenvalue weighted by atomic mass is 10.1. The lowest BCUT2D eigenvalue weighted by molar-refractivity contribution is -0.0494. The molecule has 0 bridgehead atoms. The Morgan fingerprint density at radius 3 is 2.71 bits per heavy atom. The summed E-state index contributed by atoms with van der Waals surface area (Å²) in [4.78, 5) is 6.52. The van der Waals surface area contributed by atoms with Crippen molar-refractivity contribution in [1.82, 2.24) is 15.0 Å². The summed E-state index contributed by atoms with van der Waals surface area (Å²) < 4.78 is 40.9. The van der Waals surface area contributed by atoms with E-state index in [0.717, 1.165) is 12.1 Å². The SMILES string of the molecule is FC(F)Oc1ccccc1-c1noc(CN2CCOC(c3ccccc3)C2)n1. The summed E-state index contributed by atoms with van der Waals surface area (Å²) in [6.45, 7) is -0.418. The maximum atomic E-state index is 12.6. The zero-order valence-corrected chi connectivity index (χ0v) is 15.0. The highest BCUT2D eigenvalue weighted by Gasteiger charge is 2.24. The zero-order chi connectivity index (χ0) is 19.3. The number of alkyl halides is 2. The van der Waals surface area contributed by atoms with Crippen molar-refractivity contribution in [2.75, 3.05) is 19.7 Å². The average molecular weight is 387 g/mol. The molecular weight excluding hydrogens is 368 g/mol. The van der Waals surface area contributed by atoms with Gasteiger partial charge >= 0.3 is 6.61 Å². The van der Waals surface area contributed by atoms with Gasteiger partial charge in [-0.3, -0.25) is 4.90 Å². The van der Waals surface area contributed by atoms with E-state index < -0.39 is 6.61 Å². The first-order valence-electron chi connectivity index (χ1n) is 8.95. The van der Waals surface area contributed by atoms with E-state index >= 15 is 0 Å². The predicted octanol–water partition coefficient (Wildman–Crippen LogP) is 3.91. The number of hydrogen-bond acceptors (Lipinski definition) is 6. The number of halogens is 2. The summed E-state index contributed by atoms with van der Waals surface area (Å²) >= 11 is 0. The quantitative estimate of drug-likeness (QED) is 0.639. The van der Waals surface area contributed by atoms with Gasteiger partial charge in [-0.15, -0.1) is 0 Å². The van der Waals surface area contributed by atoms with E-state index in [1.165, 1.54) is 6.07 Å². The average Bonchev–Trinajstić information content (AvgIpc) is 3.17. The van der Waals surface area contributed by atoms with Crippen molar-refractivity contribution in [2.24, 2.45) is 0 Å². The predicted molar refractivity (Wildman–Crippen MR) is 96.8 cm³/mol. The van der Waals surface area contributed by atoms with Crippen LogP contribution in [0.25, 0.3) is 11.4 Å². The fourth-order valence-electron chi connectivity index (χ4n) is 3.19. The minimum absolute atomic E-state index is 0.0142. The molecule has 0 spiro atoms. The fraction of sp³-hybridized carbons (Fsp3) is 0.300. The van der Waals surface area contributed by atoms with Crippen LogP contribution in [0.3, 0.4) is 0 Å². The molecule has 1 aliphatic heterocycles. The monoisotopic (exact) mass is 387 g/mol. The van der Waals surface area contributed by atoms with Gasteiger partial charge in [-0.2, -0.15) is 13.8 Å². The number of rotatable bonds is 6. The Hall–Kier alpha value is -2.84. The van der Waals surface area contributed by atoms with Crippen LogP contribution < -0.4 is 4.74 Å². The zero-order valence-electron chi connectivity index (χ0n) is 15.0. The standard InChI is InChI=1S/C20H19F2N3O3/c21-20(22)27-16-9-5-4-8-15(16)19-23-18(28-24-19)13-25-10-11-26-17(12-25)14-6-2-1-3-7-14/h1-9,17,20H,10-13H2. The first kappa shape index (κ1) is 18.5. The van der Waals surface area contributed by atoms with Gasteiger partial charge in [0.15, 0.2) is 0 Å². The van der Waals surface area contributed by atoms with Crippen LogP contribution in [0.4, 0.5) is 8.78 Å². The Balaban J connectivity index is 1.45. The van der Waals surface area contributed by atoms with Crippen molar-refractivity contribution < 1.29 is 22.8 Å². The minimum Gasteiger partial charge on any atom is -0.434 e. The van der Waals surface area contributed by atoms with Gasteiger partial charge in [0.25, 0.3) is 0 Å². The van der Waals surface area contributed by atoms with Crippen LogP contribution in [0, 0.1) is 0 Å². The van der Waals surface area contributed by atoms with Crippen molar-refractivity contribution in [1.29, 1.82) is 0 Å². The van der Waals surface area contributed by atoms with Gasteiger partial charge in [0.2, 0.25) is 11.7 Å². The Bertz CT molecular complexity index is 904. The molecule has 1 aliphatic rings. The summed E-state index contributed by atoms with van der Waals surface area (Å²) in [6, 6.07) is 16.4. The van der Waals surface area contributed by atoms with Crippen LogP contribution >= 0.6 is 0 Å². The van der Waals surface area contributed by atoms with E-state index in [1.54, 1.807) is 18.2 Å². The summed E-state index contributed by atoms with van der Waals surface area (Å²) in [7, 11) is 0. The Morgan fingerprint density at radius 1 is 1.11 bits per heavy atom. The number of benzene rings is 2. The van der Waals surface area contributed by atoms with E-state index in [0.29, 0.717) is 31.2 Å². The molecule has 28 heavy (non-hydrogen) atoms. The second-order valence-corrected chi connectivity index (χ2v) is 6.39. The number of ether oxygens (including phenoxy) is 2. The van der Waals surface area contributed by atoms with Gasteiger partial charge in [0, 0.05) is 13.1 Å². The van der Waals surface area contributed by atoms with Gasteiger partial charge in [-0.25, -0.2) is 0 Å². The molecule has 3 aromatic rings. The lowest BCUT2D eigenvalue weighted by Gasteiger charge is -2.32. The molecule has 1 aromatic heterocycles. The molecule has 8 heteroatoms. The van der Waals surface area contributed by atoms with Crippen LogP contribution in [0.2, 0.25) is 0 Å². The molecule has 0 radical (unpaired) electrons. The van der Waals surface area contributed by atoms with E-state index in [-0.39, 0.29) is 17.7 Å². The second-order valence-electron chi connectivity index (χ2n) is 6.39. The Labute approximate surface area is 160 Å². The lowest BCUT2D eigenvalue weighted by Crippen LogP contribution is -2.37. The first-order valence-corrected chi connectivity index (χ1v) is 8.95. The highest BCUT2D eigenvalue weighted by Crippen LogP contribution is 2.29. The molecule has 0 N–H and O–H groups in total. The number of para-hydroxylation sites is 1. The minimum atomic E-state index is -2.92. The van der Waals surface area contributed by atoms with E-state index in [2.05, 4.69) is 19.8 Å². The molecule has 146 valence electrons. The van der Waals surface area contributed by atoms with Gasteiger partial charge in [-0.05, 0) is 17.7 Å². The van der Waals surface area contributed by atoms with Gasteiger partial charge in [0.1, 0.15) is 5.75 Å². The maximum absolute atomic E-state index is 12.6. The van der Waals surface area contributed by atoms with Crippen molar-refractivity contribution in [3.05, 3.63) is 66.1 Å². The molecule has 1 atom stereocenters. The molecule has 0 amide bonds. The number of aromatic nitrogens is 2. The van der Waals surface area contributed by atoms with Crippen molar-refractivity contribution in [3.8, 4) is 17.1 Å². The van der Waals surface area contributed by atoms with Crippen LogP contribution in [0.5, 0.6) is 5.75 Å². The van der Waals surface area contributed by atoms with E-state index in [1.807, 2.05) is 30.3 Å². The largest absolute Gasteiger partial charge is 0.434 e. The van der Waals surface area contributed by atoms with Gasteiger partial charge in [-0.1, -0.05) is 47.6 Å². The normalized spacial score (nSPS) is 17.8. The molecule has 6 nitrogen and oxygen atoms in total. The van der Waals surface area contributed by atoms with Crippen molar-refractivity contribution in [2.45, 2.75) is 19.3 Å². The number of nitrogens with zero attached hydrogens (tertiary/aromatic N) is 3. The van der Waals surface area contributed by atoms with Gasteiger partial charge in [0.05, 0.1) is 24.8 Å². The molecule has 2 heterocycles. The number of morpholine rings is 1. The third-order valence-electron chi connectivity index (χ3n) is 4.49. The third-order valence-corrected chi connectivity index (χ3v) is 4.49. The van der Waals surface area contributed by atoms with Crippen molar-refractivity contribution in [3.63, 3.8) is 0 Å². The van der Waals surface area contributed by atoms with Crippen LogP contribution in [0.15, 0.2) is 59.1 Å². The number of hydrogen-bond donors (Lipinski definition) is 0. The third kappa shape index (κ3) is 4.35. The topological polar surface area (TPSA) is 60.6 Å². The second kappa shape index (κ2) is 8.45. The van der Waals surface area contributed by atoms with Crippen molar-refractivity contribution >= 4 is 0 Å². The molecule has 2 aromatic carbocycles. The van der Waals surface area contributed by atoms with Crippen LogP contribution in [0.1, 0.15) is 17.6 Å². The van der Waals surface area contributed by atoms with E-state index in [9.17, 15) is 8.78 Å². The fourth-order valence-corrected chi connectivity index (χ4v) is 3.19. The summed E-state index contributed by atoms with van der Waals surface area (Å²) in [6.07, 6.45) is -0.0162. The molecule has 0 aliphatic carbocycles. The Morgan fingerprint density at radius 2 is 1.89 bits per heavy atom. The molecule has 1 saturated heterocycles. The highest BCUT2D eigenvalue weighted by molar-refractivity contribution is 5.63. The molecule has 1 fully saturated rings. The van der Waals surface area contributed by atoms with Crippen LogP contribution in [-0.2, 0) is 11.3 Å². The smallest absolute Gasteiger partial charge is 0.387 e. The maximum Gasteiger partial charge on any atom is 0.387 e. The summed E-state index contributed by atoms with van der Waals surface area (Å²) in [5, 5.41) is 3.93. The summed E-state index contributed by atoms with van der Waals surface area (Å²) in [5.41, 5.74) is 1.48. The van der Waals surface area contributed by atoms with Gasteiger partial charge < -0.3 is 14.0 Å². The highest BCUT2D eigenvalue weighted by atomic mass is 19.3. The molecule has 0 saturated carbocycles. The first-order chi connectivity index (χ1) is 13.7.